The average Bonchev–Trinajstić information content (AvgIpc) is 3.01. The van der Waals surface area contributed by atoms with Gasteiger partial charge in [-0.15, -0.1) is 0 Å². The van der Waals surface area contributed by atoms with Crippen LogP contribution in [0, 0.1) is 5.92 Å². The molecule has 1 aromatic rings. The van der Waals surface area contributed by atoms with Crippen molar-refractivity contribution in [3.05, 3.63) is 34.9 Å². The van der Waals surface area contributed by atoms with E-state index in [-0.39, 0.29) is 17.6 Å². The Kier molecular flexibility index (Phi) is 8.98. The molecule has 0 spiro atoms. The molecule has 0 aromatic heterocycles. The van der Waals surface area contributed by atoms with E-state index >= 15 is 0 Å². The molecule has 1 N–H and O–H groups in total. The molecule has 0 unspecified atom stereocenters. The molecule has 2 saturated heterocycles. The van der Waals surface area contributed by atoms with E-state index in [0.717, 1.165) is 13.0 Å². The summed E-state index contributed by atoms with van der Waals surface area (Å²) in [5.41, 5.74) is 0.614. The Hall–Kier alpha value is -1.15. The van der Waals surface area contributed by atoms with Gasteiger partial charge in [0.15, 0.2) is 0 Å². The summed E-state index contributed by atoms with van der Waals surface area (Å²) in [4.78, 5) is 15.0. The fourth-order valence-corrected chi connectivity index (χ4v) is 6.19. The van der Waals surface area contributed by atoms with Crippen LogP contribution in [0.4, 0.5) is 0 Å². The fraction of sp³-hybridized carbons (Fsp3) is 0.682. The van der Waals surface area contributed by atoms with Crippen LogP contribution in [-0.2, 0) is 20.6 Å². The fourth-order valence-electron chi connectivity index (χ4n) is 4.32. The second-order valence-corrected chi connectivity index (χ2v) is 10.8. The monoisotopic (exact) mass is 455 g/mol. The molecule has 3 rings (SSSR count). The molecule has 2 heterocycles. The Morgan fingerprint density at radius 3 is 2.37 bits per heavy atom. The number of amides is 1. The molecule has 168 valence electrons. The van der Waals surface area contributed by atoms with Gasteiger partial charge in [0, 0.05) is 30.6 Å². The Balaban J connectivity index is 1.38. The van der Waals surface area contributed by atoms with Gasteiger partial charge in [-0.25, -0.2) is 12.7 Å². The zero-order valence-electron chi connectivity index (χ0n) is 17.7. The third-order valence-electron chi connectivity index (χ3n) is 6.16. The largest absolute Gasteiger partial charge is 0.356 e. The number of sulfonamides is 1. The van der Waals surface area contributed by atoms with Crippen LogP contribution in [0.1, 0.15) is 50.5 Å². The molecule has 1 amide bonds. The van der Waals surface area contributed by atoms with Gasteiger partial charge in [0.25, 0.3) is 0 Å². The molecule has 1 aromatic carbocycles. The first-order valence-corrected chi connectivity index (χ1v) is 13.2. The van der Waals surface area contributed by atoms with Crippen molar-refractivity contribution >= 4 is 27.5 Å². The summed E-state index contributed by atoms with van der Waals surface area (Å²) in [6.45, 7) is 4.86. The number of piperidine rings is 1. The number of benzene rings is 1. The van der Waals surface area contributed by atoms with Gasteiger partial charge in [-0.3, -0.25) is 4.79 Å². The molecule has 8 heteroatoms. The normalized spacial score (nSPS) is 20.0. The number of nitrogens with zero attached hydrogens (tertiary/aromatic N) is 2. The van der Waals surface area contributed by atoms with Gasteiger partial charge in [0.2, 0.25) is 15.9 Å². The number of halogens is 1. The zero-order chi connectivity index (χ0) is 21.4. The van der Waals surface area contributed by atoms with Crippen molar-refractivity contribution in [2.45, 2.75) is 50.7 Å². The van der Waals surface area contributed by atoms with Crippen molar-refractivity contribution in [2.24, 2.45) is 5.92 Å². The van der Waals surface area contributed by atoms with Crippen molar-refractivity contribution in [1.82, 2.24) is 14.5 Å². The summed E-state index contributed by atoms with van der Waals surface area (Å²) in [6, 6.07) is 7.03. The van der Waals surface area contributed by atoms with Crippen LogP contribution in [0.25, 0.3) is 0 Å². The lowest BCUT2D eigenvalue weighted by Crippen LogP contribution is -2.43. The lowest BCUT2D eigenvalue weighted by molar-refractivity contribution is -0.126. The summed E-state index contributed by atoms with van der Waals surface area (Å²) in [6.07, 6.45) is 7.34. The number of carbonyl (C=O) groups excluding carboxylic acids is 1. The van der Waals surface area contributed by atoms with Crippen LogP contribution in [0.15, 0.2) is 24.3 Å². The quantitative estimate of drug-likeness (QED) is 0.611. The molecular formula is C22H34ClN3O3S. The molecule has 6 nitrogen and oxygen atoms in total. The molecule has 0 saturated carbocycles. The van der Waals surface area contributed by atoms with Crippen molar-refractivity contribution in [3.63, 3.8) is 0 Å². The highest BCUT2D eigenvalue weighted by atomic mass is 35.5. The summed E-state index contributed by atoms with van der Waals surface area (Å²) < 4.78 is 27.0. The first-order chi connectivity index (χ1) is 14.5. The predicted octanol–water partition coefficient (Wildman–Crippen LogP) is 3.26. The molecule has 0 atom stereocenters. The molecule has 0 aliphatic carbocycles. The SMILES string of the molecule is O=C(NCCCN1CCCCCC1)C1CCN(S(=O)(=O)Cc2ccccc2Cl)CC1. The number of rotatable bonds is 8. The predicted molar refractivity (Wildman–Crippen MR) is 121 cm³/mol. The van der Waals surface area contributed by atoms with Gasteiger partial charge in [-0.1, -0.05) is 42.6 Å². The highest BCUT2D eigenvalue weighted by molar-refractivity contribution is 7.88. The number of hydrogen-bond donors (Lipinski definition) is 1. The average molecular weight is 456 g/mol. The Labute approximate surface area is 186 Å². The van der Waals surface area contributed by atoms with Gasteiger partial charge in [0.05, 0.1) is 5.75 Å². The van der Waals surface area contributed by atoms with E-state index in [1.54, 1.807) is 24.3 Å². The second-order valence-electron chi connectivity index (χ2n) is 8.42. The molecule has 0 bridgehead atoms. The zero-order valence-corrected chi connectivity index (χ0v) is 19.3. The minimum absolute atomic E-state index is 0.0639. The topological polar surface area (TPSA) is 69.7 Å². The van der Waals surface area contributed by atoms with E-state index < -0.39 is 10.0 Å². The number of hydrogen-bond acceptors (Lipinski definition) is 4. The lowest BCUT2D eigenvalue weighted by atomic mass is 9.97. The maximum absolute atomic E-state index is 12.7. The van der Waals surface area contributed by atoms with E-state index in [4.69, 9.17) is 11.6 Å². The highest BCUT2D eigenvalue weighted by Gasteiger charge is 2.31. The third kappa shape index (κ3) is 6.94. The summed E-state index contributed by atoms with van der Waals surface area (Å²) in [7, 11) is -3.43. The minimum Gasteiger partial charge on any atom is -0.356 e. The Morgan fingerprint density at radius 1 is 1.03 bits per heavy atom. The number of nitrogens with one attached hydrogen (secondary N) is 1. The maximum Gasteiger partial charge on any atom is 0.223 e. The van der Waals surface area contributed by atoms with Crippen molar-refractivity contribution in [3.8, 4) is 0 Å². The summed E-state index contributed by atoms with van der Waals surface area (Å²) in [5, 5.41) is 3.53. The summed E-state index contributed by atoms with van der Waals surface area (Å²) in [5.74, 6) is -0.135. The van der Waals surface area contributed by atoms with E-state index in [1.165, 1.54) is 43.1 Å². The van der Waals surface area contributed by atoms with E-state index in [1.807, 2.05) is 0 Å². The van der Waals surface area contributed by atoms with Crippen molar-refractivity contribution in [1.29, 1.82) is 0 Å². The first kappa shape index (κ1) is 23.5. The number of carbonyl (C=O) groups is 1. The van der Waals surface area contributed by atoms with Gasteiger partial charge in [0.1, 0.15) is 0 Å². The standard InChI is InChI=1S/C22H34ClN3O3S/c23-21-9-4-3-8-20(21)18-30(28,29)26-16-10-19(11-17-26)22(27)24-12-7-15-25-13-5-1-2-6-14-25/h3-4,8-9,19H,1-2,5-7,10-18H2,(H,24,27). The van der Waals surface area contributed by atoms with E-state index in [0.29, 0.717) is 43.1 Å². The van der Waals surface area contributed by atoms with Crippen LogP contribution in [0.2, 0.25) is 5.02 Å². The molecule has 2 aliphatic heterocycles. The molecule has 30 heavy (non-hydrogen) atoms. The molecule has 2 fully saturated rings. The smallest absolute Gasteiger partial charge is 0.223 e. The van der Waals surface area contributed by atoms with Crippen LogP contribution in [0.3, 0.4) is 0 Å². The van der Waals surface area contributed by atoms with Crippen molar-refractivity contribution < 1.29 is 13.2 Å². The molecule has 0 radical (unpaired) electrons. The highest BCUT2D eigenvalue weighted by Crippen LogP contribution is 2.24. The maximum atomic E-state index is 12.7. The van der Waals surface area contributed by atoms with Crippen LogP contribution in [0.5, 0.6) is 0 Å². The molecular weight excluding hydrogens is 422 g/mol. The Bertz CT molecular complexity index is 787. The Morgan fingerprint density at radius 2 is 1.70 bits per heavy atom. The third-order valence-corrected chi connectivity index (χ3v) is 8.36. The number of likely N-dealkylation sites (tertiary alicyclic amines) is 1. The van der Waals surface area contributed by atoms with Gasteiger partial charge < -0.3 is 10.2 Å². The van der Waals surface area contributed by atoms with Crippen molar-refractivity contribution in [2.75, 3.05) is 39.3 Å². The second kappa shape index (κ2) is 11.5. The molecule has 2 aliphatic rings. The minimum atomic E-state index is -3.43. The first-order valence-electron chi connectivity index (χ1n) is 11.2. The van der Waals surface area contributed by atoms with E-state index in [2.05, 4.69) is 10.2 Å². The lowest BCUT2D eigenvalue weighted by Gasteiger charge is -2.30. The van der Waals surface area contributed by atoms with E-state index in [9.17, 15) is 13.2 Å². The summed E-state index contributed by atoms with van der Waals surface area (Å²) >= 11 is 6.11. The van der Waals surface area contributed by atoms with Crippen LogP contribution < -0.4 is 5.32 Å². The van der Waals surface area contributed by atoms with Crippen LogP contribution >= 0.6 is 11.6 Å². The van der Waals surface area contributed by atoms with Gasteiger partial charge in [-0.05, 0) is 63.4 Å². The van der Waals surface area contributed by atoms with Gasteiger partial charge >= 0.3 is 0 Å². The van der Waals surface area contributed by atoms with Gasteiger partial charge in [-0.2, -0.15) is 0 Å². The van der Waals surface area contributed by atoms with Crippen LogP contribution in [-0.4, -0.2) is 62.8 Å².